The second-order valence-electron chi connectivity index (χ2n) is 3.94. The number of rotatable bonds is 1. The van der Waals surface area contributed by atoms with E-state index in [9.17, 15) is 4.79 Å². The molecule has 1 aromatic heterocycles. The average Bonchev–Trinajstić information content (AvgIpc) is 2.33. The monoisotopic (exact) mass is 216 g/mol. The van der Waals surface area contributed by atoms with Gasteiger partial charge in [0.15, 0.2) is 5.69 Å². The van der Waals surface area contributed by atoms with Crippen LogP contribution in [0.15, 0.2) is 12.4 Å². The van der Waals surface area contributed by atoms with Crippen molar-refractivity contribution in [3.63, 3.8) is 0 Å². The molecule has 5 heteroatoms. The summed E-state index contributed by atoms with van der Waals surface area (Å²) >= 11 is 0. The first kappa shape index (κ1) is 10.6. The fourth-order valence-electron chi connectivity index (χ4n) is 1.77. The summed E-state index contributed by atoms with van der Waals surface area (Å²) in [6.45, 7) is 3.29. The molecule has 0 N–H and O–H groups in total. The number of nitrogens with zero attached hydrogens (tertiary/aromatic N) is 4. The van der Waals surface area contributed by atoms with Gasteiger partial charge < -0.3 is 4.90 Å². The topological polar surface area (TPSA) is 69.9 Å². The molecule has 1 saturated heterocycles. The molecule has 0 bridgehead atoms. The summed E-state index contributed by atoms with van der Waals surface area (Å²) in [5, 5.41) is 8.60. The lowest BCUT2D eigenvalue weighted by Crippen LogP contribution is -2.40. The summed E-state index contributed by atoms with van der Waals surface area (Å²) in [7, 11) is 0. The third kappa shape index (κ3) is 2.01. The lowest BCUT2D eigenvalue weighted by molar-refractivity contribution is -0.122. The van der Waals surface area contributed by atoms with E-state index in [1.165, 1.54) is 6.20 Å². The summed E-state index contributed by atoms with van der Waals surface area (Å²) in [6, 6.07) is 1.93. The predicted molar refractivity (Wildman–Crippen MR) is 57.7 cm³/mol. The number of aromatic nitrogens is 2. The van der Waals surface area contributed by atoms with E-state index >= 15 is 0 Å². The van der Waals surface area contributed by atoms with Crippen molar-refractivity contribution in [3.05, 3.63) is 18.1 Å². The number of hydrogen-bond donors (Lipinski definition) is 0. The van der Waals surface area contributed by atoms with E-state index in [1.807, 2.05) is 17.9 Å². The first-order valence-electron chi connectivity index (χ1n) is 5.20. The largest absolute Gasteiger partial charge is 0.354 e. The number of hydrogen-bond acceptors (Lipinski definition) is 5. The minimum Gasteiger partial charge on any atom is -0.354 e. The number of ketones is 1. The Morgan fingerprint density at radius 3 is 2.88 bits per heavy atom. The predicted octanol–water partition coefficient (Wildman–Crippen LogP) is 0.764. The number of carbonyl (C=O) groups is 1. The Bertz CT molecular complexity index is 434. The second-order valence-corrected chi connectivity index (χ2v) is 3.94. The maximum absolute atomic E-state index is 11.4. The quantitative estimate of drug-likeness (QED) is 0.693. The van der Waals surface area contributed by atoms with Gasteiger partial charge in [0.25, 0.3) is 0 Å². The molecule has 0 spiro atoms. The maximum atomic E-state index is 11.4. The van der Waals surface area contributed by atoms with Gasteiger partial charge in [-0.15, -0.1) is 0 Å². The van der Waals surface area contributed by atoms with Crippen molar-refractivity contribution in [2.24, 2.45) is 5.92 Å². The number of carbonyl (C=O) groups excluding carboxylic acids is 1. The van der Waals surface area contributed by atoms with E-state index in [0.29, 0.717) is 31.0 Å². The lowest BCUT2D eigenvalue weighted by Gasteiger charge is -2.30. The van der Waals surface area contributed by atoms with Crippen molar-refractivity contribution in [2.75, 3.05) is 18.0 Å². The number of Topliss-reactive ketones (excluding diaryl/α,β-unsaturated/α-hetero) is 1. The Morgan fingerprint density at radius 1 is 1.50 bits per heavy atom. The van der Waals surface area contributed by atoms with Crippen LogP contribution >= 0.6 is 0 Å². The first-order chi connectivity index (χ1) is 7.70. The van der Waals surface area contributed by atoms with Crippen LogP contribution in [0.2, 0.25) is 0 Å². The van der Waals surface area contributed by atoms with E-state index in [-0.39, 0.29) is 5.92 Å². The summed E-state index contributed by atoms with van der Waals surface area (Å²) in [5.74, 6) is 1.09. The summed E-state index contributed by atoms with van der Waals surface area (Å²) in [5.41, 5.74) is 0.310. The smallest absolute Gasteiger partial charge is 0.158 e. The van der Waals surface area contributed by atoms with Crippen LogP contribution in [0.3, 0.4) is 0 Å². The van der Waals surface area contributed by atoms with Crippen molar-refractivity contribution in [3.8, 4) is 6.07 Å². The number of anilines is 1. The molecule has 16 heavy (non-hydrogen) atoms. The van der Waals surface area contributed by atoms with Gasteiger partial charge in [-0.05, 0) is 0 Å². The van der Waals surface area contributed by atoms with E-state index in [2.05, 4.69) is 9.97 Å². The van der Waals surface area contributed by atoms with Gasteiger partial charge in [-0.3, -0.25) is 4.79 Å². The van der Waals surface area contributed by atoms with E-state index in [0.717, 1.165) is 5.82 Å². The van der Waals surface area contributed by atoms with Gasteiger partial charge in [0.1, 0.15) is 17.7 Å². The molecule has 0 aliphatic carbocycles. The Hall–Kier alpha value is -1.96. The van der Waals surface area contributed by atoms with Crippen molar-refractivity contribution in [1.29, 1.82) is 5.26 Å². The van der Waals surface area contributed by atoms with Crippen LogP contribution in [0.5, 0.6) is 0 Å². The molecule has 1 atom stereocenters. The van der Waals surface area contributed by atoms with Crippen LogP contribution in [0.25, 0.3) is 0 Å². The van der Waals surface area contributed by atoms with Crippen LogP contribution < -0.4 is 4.90 Å². The highest BCUT2D eigenvalue weighted by atomic mass is 16.1. The van der Waals surface area contributed by atoms with Crippen LogP contribution in [-0.2, 0) is 4.79 Å². The van der Waals surface area contributed by atoms with Gasteiger partial charge in [-0.25, -0.2) is 9.97 Å². The summed E-state index contributed by atoms with van der Waals surface area (Å²) in [4.78, 5) is 21.5. The molecule has 0 saturated carbocycles. The Labute approximate surface area is 93.7 Å². The maximum Gasteiger partial charge on any atom is 0.158 e. The van der Waals surface area contributed by atoms with Crippen molar-refractivity contribution in [1.82, 2.24) is 9.97 Å². The molecule has 1 unspecified atom stereocenters. The Morgan fingerprint density at radius 2 is 2.31 bits per heavy atom. The molecule has 1 aromatic rings. The van der Waals surface area contributed by atoms with Crippen LogP contribution in [0.4, 0.5) is 5.82 Å². The molecule has 5 nitrogen and oxygen atoms in total. The molecule has 1 aliphatic heterocycles. The fourth-order valence-corrected chi connectivity index (χ4v) is 1.77. The molecule has 2 rings (SSSR count). The van der Waals surface area contributed by atoms with Crippen LogP contribution in [0.1, 0.15) is 19.0 Å². The number of nitriles is 1. The van der Waals surface area contributed by atoms with Crippen LogP contribution in [-0.4, -0.2) is 28.8 Å². The fraction of sp³-hybridized carbons (Fsp3) is 0.455. The molecule has 82 valence electrons. The van der Waals surface area contributed by atoms with Crippen molar-refractivity contribution in [2.45, 2.75) is 13.3 Å². The SMILES string of the molecule is CC1CN(c2cnc(C#N)cn2)CCC1=O. The second kappa shape index (κ2) is 4.27. The van der Waals surface area contributed by atoms with Crippen molar-refractivity contribution >= 4 is 11.6 Å². The van der Waals surface area contributed by atoms with Gasteiger partial charge >= 0.3 is 0 Å². The minimum absolute atomic E-state index is 0.0474. The molecule has 0 amide bonds. The van der Waals surface area contributed by atoms with E-state index < -0.39 is 0 Å². The minimum atomic E-state index is 0.0474. The van der Waals surface area contributed by atoms with E-state index in [4.69, 9.17) is 5.26 Å². The third-order valence-corrected chi connectivity index (χ3v) is 2.75. The van der Waals surface area contributed by atoms with Gasteiger partial charge in [0.05, 0.1) is 12.4 Å². The van der Waals surface area contributed by atoms with Gasteiger partial charge in [0, 0.05) is 25.4 Å². The number of piperidine rings is 1. The standard InChI is InChI=1S/C11H12N4O/c1-8-7-15(3-2-10(8)16)11-6-13-9(4-12)5-14-11/h5-6,8H,2-3,7H2,1H3. The zero-order valence-corrected chi connectivity index (χ0v) is 9.05. The molecule has 1 fully saturated rings. The third-order valence-electron chi connectivity index (χ3n) is 2.75. The Balaban J connectivity index is 2.13. The van der Waals surface area contributed by atoms with E-state index in [1.54, 1.807) is 6.20 Å². The van der Waals surface area contributed by atoms with Crippen molar-refractivity contribution < 1.29 is 4.79 Å². The molecule has 0 aromatic carbocycles. The van der Waals surface area contributed by atoms with Gasteiger partial charge in [0.2, 0.25) is 0 Å². The highest BCUT2D eigenvalue weighted by molar-refractivity contribution is 5.83. The molecular weight excluding hydrogens is 204 g/mol. The summed E-state index contributed by atoms with van der Waals surface area (Å²) < 4.78 is 0. The first-order valence-corrected chi connectivity index (χ1v) is 5.20. The molecule has 1 aliphatic rings. The van der Waals surface area contributed by atoms with Gasteiger partial charge in [-0.2, -0.15) is 5.26 Å². The average molecular weight is 216 g/mol. The Kier molecular flexibility index (Phi) is 2.82. The lowest BCUT2D eigenvalue weighted by atomic mass is 9.99. The molecule has 0 radical (unpaired) electrons. The highest BCUT2D eigenvalue weighted by Gasteiger charge is 2.24. The highest BCUT2D eigenvalue weighted by Crippen LogP contribution is 2.18. The normalized spacial score (nSPS) is 20.6. The molecular formula is C11H12N4O. The zero-order valence-electron chi connectivity index (χ0n) is 9.05. The van der Waals surface area contributed by atoms with Gasteiger partial charge in [-0.1, -0.05) is 6.92 Å². The van der Waals surface area contributed by atoms with Crippen LogP contribution in [0, 0.1) is 17.2 Å². The summed E-state index contributed by atoms with van der Waals surface area (Å²) in [6.07, 6.45) is 3.60. The molecule has 2 heterocycles. The zero-order chi connectivity index (χ0) is 11.5.